The molecular formula is C18H18BrN3O2. The van der Waals surface area contributed by atoms with Crippen LogP contribution in [0.3, 0.4) is 0 Å². The van der Waals surface area contributed by atoms with E-state index in [0.29, 0.717) is 11.4 Å². The topological polar surface area (TPSA) is 61.4 Å². The zero-order valence-corrected chi connectivity index (χ0v) is 14.7. The van der Waals surface area contributed by atoms with Crippen LogP contribution < -0.4 is 15.5 Å². The molecule has 0 bridgehead atoms. The zero-order valence-electron chi connectivity index (χ0n) is 13.1. The summed E-state index contributed by atoms with van der Waals surface area (Å²) < 4.78 is 0.832. The minimum atomic E-state index is -0.697. The number of nitrogens with one attached hydrogen (secondary N) is 2. The van der Waals surface area contributed by atoms with E-state index in [0.717, 1.165) is 23.2 Å². The molecule has 0 spiro atoms. The Bertz CT molecular complexity index is 740. The lowest BCUT2D eigenvalue weighted by atomic mass is 10.2. The summed E-state index contributed by atoms with van der Waals surface area (Å²) in [6, 6.07) is 14.7. The van der Waals surface area contributed by atoms with Gasteiger partial charge in [-0.3, -0.25) is 9.59 Å². The van der Waals surface area contributed by atoms with Crippen molar-refractivity contribution in [2.75, 3.05) is 28.6 Å². The molecule has 5 nitrogen and oxygen atoms in total. The first kappa shape index (κ1) is 16.5. The molecule has 124 valence electrons. The Kier molecular flexibility index (Phi) is 5.15. The molecule has 6 heteroatoms. The van der Waals surface area contributed by atoms with Crippen molar-refractivity contribution in [1.29, 1.82) is 0 Å². The van der Waals surface area contributed by atoms with E-state index < -0.39 is 11.8 Å². The Morgan fingerprint density at radius 1 is 0.875 bits per heavy atom. The van der Waals surface area contributed by atoms with Gasteiger partial charge in [-0.05, 0) is 55.3 Å². The third kappa shape index (κ3) is 4.14. The molecule has 0 aromatic heterocycles. The number of anilines is 3. The standard InChI is InChI=1S/C18H18BrN3O2/c19-13-4-3-5-15(12-13)21-18(24)17(23)20-14-6-8-16(9-7-14)22-10-1-2-11-22/h3-9,12H,1-2,10-11H2,(H,20,23)(H,21,24). The van der Waals surface area contributed by atoms with Crippen LogP contribution in [0.15, 0.2) is 53.0 Å². The monoisotopic (exact) mass is 387 g/mol. The van der Waals surface area contributed by atoms with Crippen LogP contribution in [0.4, 0.5) is 17.1 Å². The van der Waals surface area contributed by atoms with E-state index in [1.165, 1.54) is 12.8 Å². The fraction of sp³-hybridized carbons (Fsp3) is 0.222. The zero-order chi connectivity index (χ0) is 16.9. The summed E-state index contributed by atoms with van der Waals surface area (Å²) in [4.78, 5) is 26.3. The summed E-state index contributed by atoms with van der Waals surface area (Å²) in [5.74, 6) is -1.39. The number of rotatable bonds is 3. The predicted octanol–water partition coefficient (Wildman–Crippen LogP) is 3.63. The number of hydrogen-bond acceptors (Lipinski definition) is 3. The second-order valence-corrected chi connectivity index (χ2v) is 6.58. The molecule has 0 saturated carbocycles. The lowest BCUT2D eigenvalue weighted by molar-refractivity contribution is -0.132. The summed E-state index contributed by atoms with van der Waals surface area (Å²) in [7, 11) is 0. The van der Waals surface area contributed by atoms with Crippen molar-refractivity contribution in [3.8, 4) is 0 Å². The van der Waals surface area contributed by atoms with E-state index >= 15 is 0 Å². The van der Waals surface area contributed by atoms with Gasteiger partial charge in [-0.15, -0.1) is 0 Å². The maximum atomic E-state index is 12.0. The van der Waals surface area contributed by atoms with Gasteiger partial charge in [-0.2, -0.15) is 0 Å². The average Bonchev–Trinajstić information content (AvgIpc) is 3.10. The molecule has 1 aliphatic rings. The summed E-state index contributed by atoms with van der Waals surface area (Å²) >= 11 is 3.32. The third-order valence-electron chi connectivity index (χ3n) is 3.89. The minimum Gasteiger partial charge on any atom is -0.372 e. The second kappa shape index (κ2) is 7.49. The molecule has 0 atom stereocenters. The minimum absolute atomic E-state index is 0.564. The Morgan fingerprint density at radius 2 is 1.50 bits per heavy atom. The Balaban J connectivity index is 1.58. The number of carbonyl (C=O) groups is 2. The van der Waals surface area contributed by atoms with E-state index in [9.17, 15) is 9.59 Å². The van der Waals surface area contributed by atoms with Crippen LogP contribution in [0.2, 0.25) is 0 Å². The largest absolute Gasteiger partial charge is 0.372 e. The van der Waals surface area contributed by atoms with Crippen LogP contribution in [0.25, 0.3) is 0 Å². The van der Waals surface area contributed by atoms with Gasteiger partial charge in [-0.1, -0.05) is 22.0 Å². The van der Waals surface area contributed by atoms with Crippen molar-refractivity contribution < 1.29 is 9.59 Å². The van der Waals surface area contributed by atoms with E-state index in [-0.39, 0.29) is 0 Å². The van der Waals surface area contributed by atoms with Gasteiger partial charge in [0, 0.05) is 34.6 Å². The molecule has 2 N–H and O–H groups in total. The average molecular weight is 388 g/mol. The van der Waals surface area contributed by atoms with Crippen molar-refractivity contribution in [3.05, 3.63) is 53.0 Å². The van der Waals surface area contributed by atoms with Gasteiger partial charge in [0.25, 0.3) is 0 Å². The lowest BCUT2D eigenvalue weighted by Gasteiger charge is -2.17. The van der Waals surface area contributed by atoms with Crippen LogP contribution in [-0.4, -0.2) is 24.9 Å². The van der Waals surface area contributed by atoms with Crippen molar-refractivity contribution in [3.63, 3.8) is 0 Å². The summed E-state index contributed by atoms with van der Waals surface area (Å²) in [6.45, 7) is 2.14. The van der Waals surface area contributed by atoms with Gasteiger partial charge in [0.15, 0.2) is 0 Å². The van der Waals surface area contributed by atoms with Gasteiger partial charge >= 0.3 is 11.8 Å². The Hall–Kier alpha value is -2.34. The van der Waals surface area contributed by atoms with Crippen molar-refractivity contribution in [1.82, 2.24) is 0 Å². The first-order chi connectivity index (χ1) is 11.6. The maximum Gasteiger partial charge on any atom is 0.314 e. The Labute approximate surface area is 149 Å². The quantitative estimate of drug-likeness (QED) is 0.790. The summed E-state index contributed by atoms with van der Waals surface area (Å²) in [5.41, 5.74) is 2.31. The third-order valence-corrected chi connectivity index (χ3v) is 4.38. The van der Waals surface area contributed by atoms with Crippen LogP contribution in [0.1, 0.15) is 12.8 Å². The van der Waals surface area contributed by atoms with Gasteiger partial charge in [-0.25, -0.2) is 0 Å². The van der Waals surface area contributed by atoms with Crippen LogP contribution >= 0.6 is 15.9 Å². The van der Waals surface area contributed by atoms with Gasteiger partial charge in [0.2, 0.25) is 0 Å². The first-order valence-electron chi connectivity index (χ1n) is 7.85. The van der Waals surface area contributed by atoms with Crippen LogP contribution in [-0.2, 0) is 9.59 Å². The fourth-order valence-corrected chi connectivity index (χ4v) is 3.07. The Morgan fingerprint density at radius 3 is 2.12 bits per heavy atom. The van der Waals surface area contributed by atoms with E-state index in [1.807, 2.05) is 30.3 Å². The summed E-state index contributed by atoms with van der Waals surface area (Å²) in [6.07, 6.45) is 2.43. The maximum absolute atomic E-state index is 12.0. The SMILES string of the molecule is O=C(Nc1ccc(N2CCCC2)cc1)C(=O)Nc1cccc(Br)c1. The number of hydrogen-bond donors (Lipinski definition) is 2. The number of halogens is 1. The highest BCUT2D eigenvalue weighted by molar-refractivity contribution is 9.10. The predicted molar refractivity (Wildman–Crippen MR) is 99.3 cm³/mol. The van der Waals surface area contributed by atoms with Gasteiger partial charge < -0.3 is 15.5 Å². The number of benzene rings is 2. The molecule has 0 aliphatic carbocycles. The van der Waals surface area contributed by atoms with Gasteiger partial charge in [0.1, 0.15) is 0 Å². The summed E-state index contributed by atoms with van der Waals surface area (Å²) in [5, 5.41) is 5.18. The molecule has 2 aromatic rings. The molecule has 3 rings (SSSR count). The smallest absolute Gasteiger partial charge is 0.314 e. The van der Waals surface area contributed by atoms with Crippen molar-refractivity contribution in [2.24, 2.45) is 0 Å². The molecular weight excluding hydrogens is 370 g/mol. The van der Waals surface area contributed by atoms with Crippen LogP contribution in [0.5, 0.6) is 0 Å². The molecule has 0 unspecified atom stereocenters. The molecule has 2 aromatic carbocycles. The molecule has 1 aliphatic heterocycles. The highest BCUT2D eigenvalue weighted by Gasteiger charge is 2.15. The van der Waals surface area contributed by atoms with E-state index in [2.05, 4.69) is 31.5 Å². The fourth-order valence-electron chi connectivity index (χ4n) is 2.67. The highest BCUT2D eigenvalue weighted by atomic mass is 79.9. The van der Waals surface area contributed by atoms with E-state index in [1.54, 1.807) is 18.2 Å². The first-order valence-corrected chi connectivity index (χ1v) is 8.64. The number of amides is 2. The molecule has 2 amide bonds. The second-order valence-electron chi connectivity index (χ2n) is 5.66. The molecule has 1 heterocycles. The van der Waals surface area contributed by atoms with Crippen LogP contribution in [0, 0.1) is 0 Å². The van der Waals surface area contributed by atoms with Crippen molar-refractivity contribution >= 4 is 44.8 Å². The number of nitrogens with zero attached hydrogens (tertiary/aromatic N) is 1. The molecule has 24 heavy (non-hydrogen) atoms. The molecule has 0 radical (unpaired) electrons. The lowest BCUT2D eigenvalue weighted by Crippen LogP contribution is -2.29. The van der Waals surface area contributed by atoms with Crippen molar-refractivity contribution in [2.45, 2.75) is 12.8 Å². The molecule has 1 fully saturated rings. The number of carbonyl (C=O) groups excluding carboxylic acids is 2. The highest BCUT2D eigenvalue weighted by Crippen LogP contribution is 2.22. The normalized spacial score (nSPS) is 13.6. The van der Waals surface area contributed by atoms with Gasteiger partial charge in [0.05, 0.1) is 0 Å². The van der Waals surface area contributed by atoms with E-state index in [4.69, 9.17) is 0 Å². The molecule has 1 saturated heterocycles.